The van der Waals surface area contributed by atoms with E-state index in [-0.39, 0.29) is 6.42 Å². The lowest BCUT2D eigenvalue weighted by atomic mass is 9.97. The van der Waals surface area contributed by atoms with Gasteiger partial charge >= 0.3 is 0 Å². The van der Waals surface area contributed by atoms with Crippen LogP contribution in [0.2, 0.25) is 0 Å². The number of hydrogen-bond donors (Lipinski definition) is 0. The molecule has 0 aliphatic heterocycles. The van der Waals surface area contributed by atoms with Crippen LogP contribution in [0.1, 0.15) is 20.3 Å². The van der Waals surface area contributed by atoms with Crippen molar-refractivity contribution in [2.24, 2.45) is 0 Å². The SMILES string of the molecule is CCC(OC#N)[C@H](OC#N)[C@H](OC#N)[C@@H](OC#N)[C@H](C)OC#N. The van der Waals surface area contributed by atoms with Gasteiger partial charge < -0.3 is 23.7 Å². The van der Waals surface area contributed by atoms with Gasteiger partial charge in [0.1, 0.15) is 0 Å². The molecule has 0 aliphatic rings. The van der Waals surface area contributed by atoms with E-state index < -0.39 is 30.5 Å². The molecule has 1 unspecified atom stereocenters. The highest BCUT2D eigenvalue weighted by Gasteiger charge is 2.44. The van der Waals surface area contributed by atoms with Crippen molar-refractivity contribution < 1.29 is 23.7 Å². The van der Waals surface area contributed by atoms with E-state index in [0.29, 0.717) is 0 Å². The number of hydrogen-bond acceptors (Lipinski definition) is 10. The van der Waals surface area contributed by atoms with E-state index in [2.05, 4.69) is 4.74 Å². The third kappa shape index (κ3) is 5.76. The fourth-order valence-corrected chi connectivity index (χ4v) is 1.89. The zero-order valence-electron chi connectivity index (χ0n) is 12.4. The Morgan fingerprint density at radius 2 is 1.09 bits per heavy atom. The molecule has 0 heterocycles. The molecule has 0 amide bonds. The molecule has 0 radical (unpaired) electrons. The Balaban J connectivity index is 5.69. The molecule has 0 fully saturated rings. The number of nitriles is 5. The van der Waals surface area contributed by atoms with E-state index in [1.165, 1.54) is 38.2 Å². The first-order valence-electron chi connectivity index (χ1n) is 6.34. The summed E-state index contributed by atoms with van der Waals surface area (Å²) in [5, 5.41) is 43.6. The van der Waals surface area contributed by atoms with Crippen LogP contribution < -0.4 is 0 Å². The van der Waals surface area contributed by atoms with Crippen LogP contribution in [-0.2, 0) is 23.7 Å². The summed E-state index contributed by atoms with van der Waals surface area (Å²) in [5.74, 6) is 0. The van der Waals surface area contributed by atoms with Crippen LogP contribution >= 0.6 is 0 Å². The molecule has 0 aromatic rings. The van der Waals surface area contributed by atoms with E-state index in [9.17, 15) is 0 Å². The van der Waals surface area contributed by atoms with Gasteiger partial charge in [-0.1, -0.05) is 6.92 Å². The summed E-state index contributed by atoms with van der Waals surface area (Å²) in [4.78, 5) is 0. The molecule has 0 aromatic heterocycles. The van der Waals surface area contributed by atoms with E-state index in [0.717, 1.165) is 0 Å². The van der Waals surface area contributed by atoms with Gasteiger partial charge in [-0.2, -0.15) is 26.3 Å². The predicted molar refractivity (Wildman–Crippen MR) is 68.4 cm³/mol. The van der Waals surface area contributed by atoms with Crippen LogP contribution in [-0.4, -0.2) is 30.5 Å². The molecule has 0 bridgehead atoms. The second-order valence-electron chi connectivity index (χ2n) is 4.09. The maximum absolute atomic E-state index is 8.81. The van der Waals surface area contributed by atoms with Crippen molar-refractivity contribution in [1.82, 2.24) is 0 Å². The van der Waals surface area contributed by atoms with Gasteiger partial charge in [-0.15, -0.1) is 0 Å². The number of ether oxygens (including phenoxy) is 5. The van der Waals surface area contributed by atoms with Gasteiger partial charge in [0.2, 0.25) is 0 Å². The van der Waals surface area contributed by atoms with Gasteiger partial charge in [0.15, 0.2) is 30.5 Å². The Labute approximate surface area is 133 Å². The molecule has 10 nitrogen and oxygen atoms in total. The van der Waals surface area contributed by atoms with Crippen LogP contribution in [0.4, 0.5) is 0 Å². The average molecular weight is 319 g/mol. The summed E-state index contributed by atoms with van der Waals surface area (Å²) in [6.45, 7) is 3.04. The summed E-state index contributed by atoms with van der Waals surface area (Å²) in [6.07, 6.45) is 1.59. The van der Waals surface area contributed by atoms with Crippen molar-refractivity contribution >= 4 is 0 Å². The molecule has 0 saturated carbocycles. The van der Waals surface area contributed by atoms with E-state index >= 15 is 0 Å². The zero-order chi connectivity index (χ0) is 17.7. The first-order chi connectivity index (χ1) is 11.1. The quantitative estimate of drug-likeness (QED) is 0.524. The van der Waals surface area contributed by atoms with Crippen LogP contribution in [0.3, 0.4) is 0 Å². The summed E-state index contributed by atoms with van der Waals surface area (Å²) < 4.78 is 24.0. The van der Waals surface area contributed by atoms with Crippen molar-refractivity contribution in [3.8, 4) is 31.3 Å². The van der Waals surface area contributed by atoms with Crippen molar-refractivity contribution in [1.29, 1.82) is 26.3 Å². The van der Waals surface area contributed by atoms with Gasteiger partial charge in [0.25, 0.3) is 31.3 Å². The van der Waals surface area contributed by atoms with Crippen LogP contribution in [0.15, 0.2) is 0 Å². The fourth-order valence-electron chi connectivity index (χ4n) is 1.89. The third-order valence-corrected chi connectivity index (χ3v) is 2.89. The Morgan fingerprint density at radius 3 is 1.52 bits per heavy atom. The first-order valence-corrected chi connectivity index (χ1v) is 6.34. The minimum atomic E-state index is -1.33. The van der Waals surface area contributed by atoms with E-state index in [4.69, 9.17) is 45.3 Å². The largest absolute Gasteiger partial charge is 0.420 e. The number of nitrogens with zero attached hydrogens (tertiary/aromatic N) is 5. The van der Waals surface area contributed by atoms with Gasteiger partial charge in [-0.25, -0.2) is 0 Å². The fraction of sp³-hybridized carbons (Fsp3) is 0.615. The average Bonchev–Trinajstić information content (AvgIpc) is 2.54. The highest BCUT2D eigenvalue weighted by molar-refractivity contribution is 4.93. The lowest BCUT2D eigenvalue weighted by molar-refractivity contribution is -0.130. The van der Waals surface area contributed by atoms with E-state index in [1.54, 1.807) is 6.92 Å². The summed E-state index contributed by atoms with van der Waals surface area (Å²) >= 11 is 0. The second kappa shape index (κ2) is 11.1. The molecular weight excluding hydrogens is 306 g/mol. The normalized spacial score (nSPS) is 15.3. The molecule has 120 valence electrons. The third-order valence-electron chi connectivity index (χ3n) is 2.89. The van der Waals surface area contributed by atoms with Crippen molar-refractivity contribution in [2.45, 2.75) is 50.8 Å². The van der Waals surface area contributed by atoms with Crippen LogP contribution in [0, 0.1) is 57.6 Å². The first kappa shape index (κ1) is 19.4. The summed E-state index contributed by atoms with van der Waals surface area (Å²) in [6, 6.07) is 0. The predicted octanol–water partition coefficient (Wildman–Crippen LogP) is 0.748. The topological polar surface area (TPSA) is 165 Å². The molecule has 0 spiro atoms. The van der Waals surface area contributed by atoms with Crippen molar-refractivity contribution in [2.75, 3.05) is 0 Å². The number of rotatable bonds is 10. The Kier molecular flexibility index (Phi) is 9.43. The minimum absolute atomic E-state index is 0.234. The molecule has 0 rings (SSSR count). The molecule has 5 atom stereocenters. The molecule has 0 aliphatic carbocycles. The molecule has 23 heavy (non-hydrogen) atoms. The van der Waals surface area contributed by atoms with Gasteiger partial charge in [0.05, 0.1) is 0 Å². The Hall–Kier alpha value is -3.55. The standard InChI is InChI=1S/C13H13N5O5/c1-3-10(20-5-15)12(22-7-17)13(23-8-18)11(21-6-16)9(2)19-4-14/h9-13H,3H2,1-2H3/t9-,10?,11-,12-,13+/m0/s1. The highest BCUT2D eigenvalue weighted by Crippen LogP contribution is 2.22. The lowest BCUT2D eigenvalue weighted by Crippen LogP contribution is -2.51. The molecule has 0 aromatic carbocycles. The Bertz CT molecular complexity index is 564. The van der Waals surface area contributed by atoms with Crippen molar-refractivity contribution in [3.63, 3.8) is 0 Å². The lowest BCUT2D eigenvalue weighted by Gasteiger charge is -2.32. The smallest absolute Gasteiger partial charge is 0.286 e. The maximum atomic E-state index is 8.81. The van der Waals surface area contributed by atoms with Gasteiger partial charge in [-0.3, -0.25) is 0 Å². The molecule has 10 heteroatoms. The van der Waals surface area contributed by atoms with Crippen LogP contribution in [0.25, 0.3) is 0 Å². The van der Waals surface area contributed by atoms with Crippen LogP contribution in [0.5, 0.6) is 0 Å². The monoisotopic (exact) mass is 319 g/mol. The van der Waals surface area contributed by atoms with Crippen molar-refractivity contribution in [3.05, 3.63) is 0 Å². The maximum Gasteiger partial charge on any atom is 0.286 e. The molecule has 0 saturated heterocycles. The zero-order valence-corrected chi connectivity index (χ0v) is 12.4. The second-order valence-corrected chi connectivity index (χ2v) is 4.09. The minimum Gasteiger partial charge on any atom is -0.420 e. The summed E-state index contributed by atoms with van der Waals surface area (Å²) in [7, 11) is 0. The molecular formula is C13H13N5O5. The summed E-state index contributed by atoms with van der Waals surface area (Å²) in [5.41, 5.74) is 0. The van der Waals surface area contributed by atoms with E-state index in [1.807, 2.05) is 0 Å². The Morgan fingerprint density at radius 1 is 0.652 bits per heavy atom. The van der Waals surface area contributed by atoms with Gasteiger partial charge in [0, 0.05) is 0 Å². The molecule has 0 N–H and O–H groups in total. The highest BCUT2D eigenvalue weighted by atomic mass is 16.6. The van der Waals surface area contributed by atoms with Gasteiger partial charge in [-0.05, 0) is 13.3 Å².